The van der Waals surface area contributed by atoms with Crippen molar-refractivity contribution in [2.24, 2.45) is 0 Å². The van der Waals surface area contributed by atoms with Gasteiger partial charge in [-0.25, -0.2) is 0 Å². The molecule has 0 fully saturated rings. The lowest BCUT2D eigenvalue weighted by Crippen LogP contribution is -2.14. The van der Waals surface area contributed by atoms with Crippen molar-refractivity contribution in [2.45, 2.75) is 18.3 Å². The summed E-state index contributed by atoms with van der Waals surface area (Å²) in [6.07, 6.45) is 1.61. The molecule has 6 heteroatoms. The zero-order valence-electron chi connectivity index (χ0n) is 11.1. The maximum atomic E-state index is 10.2. The Morgan fingerprint density at radius 3 is 0.952 bits per heavy atom. The van der Waals surface area contributed by atoms with Crippen LogP contribution in [-0.4, -0.2) is 15.3 Å². The predicted molar refractivity (Wildman–Crippen MR) is 110 cm³/mol. The molecule has 0 aliphatic heterocycles. The van der Waals surface area contributed by atoms with E-state index < -0.39 is 18.3 Å². The van der Waals surface area contributed by atoms with E-state index in [4.69, 9.17) is 0 Å². The first kappa shape index (κ1) is 19.6. The van der Waals surface area contributed by atoms with Crippen molar-refractivity contribution in [3.8, 4) is 0 Å². The molecule has 0 spiro atoms. The highest BCUT2D eigenvalue weighted by atomic mass is 127. The molecular formula is C15H15I3O3. The quantitative estimate of drug-likeness (QED) is 0.330. The largest absolute Gasteiger partial charge is 0.384 e. The zero-order valence-corrected chi connectivity index (χ0v) is 17.5. The number of hydrogen-bond donors (Lipinski definition) is 3. The van der Waals surface area contributed by atoms with Crippen molar-refractivity contribution < 1.29 is 15.3 Å². The fourth-order valence-corrected chi connectivity index (χ4v) is 6.94. The molecule has 0 aliphatic carbocycles. The van der Waals surface area contributed by atoms with Crippen molar-refractivity contribution in [1.82, 2.24) is 0 Å². The Labute approximate surface area is 165 Å². The Balaban J connectivity index is 3.86. The van der Waals surface area contributed by atoms with Gasteiger partial charge in [0.1, 0.15) is 0 Å². The molecule has 0 aliphatic rings. The van der Waals surface area contributed by atoms with Gasteiger partial charge in [0.05, 0.1) is 18.3 Å². The van der Waals surface area contributed by atoms with Crippen molar-refractivity contribution >= 4 is 67.8 Å². The van der Waals surface area contributed by atoms with Crippen LogP contribution in [0.15, 0.2) is 38.0 Å². The average Bonchev–Trinajstić information content (AvgIpc) is 2.46. The van der Waals surface area contributed by atoms with Crippen LogP contribution in [-0.2, 0) is 0 Å². The topological polar surface area (TPSA) is 60.7 Å². The summed E-state index contributed by atoms with van der Waals surface area (Å²) in [5, 5.41) is 30.6. The smallest absolute Gasteiger partial charge is 0.0989 e. The first-order valence-electron chi connectivity index (χ1n) is 5.93. The van der Waals surface area contributed by atoms with Crippen LogP contribution in [0.1, 0.15) is 35.0 Å². The van der Waals surface area contributed by atoms with E-state index in [2.05, 4.69) is 87.5 Å². The van der Waals surface area contributed by atoms with Crippen LogP contribution in [0.25, 0.3) is 0 Å². The zero-order chi connectivity index (χ0) is 16.3. The molecule has 21 heavy (non-hydrogen) atoms. The third-order valence-corrected chi connectivity index (χ3v) is 6.46. The van der Waals surface area contributed by atoms with E-state index in [1.807, 2.05) is 0 Å². The van der Waals surface area contributed by atoms with Crippen LogP contribution < -0.4 is 0 Å². The summed E-state index contributed by atoms with van der Waals surface area (Å²) < 4.78 is 2.21. The molecule has 0 saturated carbocycles. The van der Waals surface area contributed by atoms with Crippen LogP contribution in [0, 0.1) is 10.7 Å². The normalized spacial score (nSPS) is 15.1. The van der Waals surface area contributed by atoms with Gasteiger partial charge in [-0.1, -0.05) is 18.2 Å². The number of rotatable bonds is 6. The molecule has 0 saturated heterocycles. The van der Waals surface area contributed by atoms with Gasteiger partial charge in [0.15, 0.2) is 0 Å². The van der Waals surface area contributed by atoms with Crippen molar-refractivity contribution in [2.75, 3.05) is 0 Å². The highest BCUT2D eigenvalue weighted by Crippen LogP contribution is 2.40. The van der Waals surface area contributed by atoms with Gasteiger partial charge >= 0.3 is 0 Å². The van der Waals surface area contributed by atoms with Crippen LogP contribution in [0.2, 0.25) is 0 Å². The molecule has 0 radical (unpaired) electrons. The summed E-state index contributed by atoms with van der Waals surface area (Å²) in [5.74, 6) is 0. The fraction of sp³-hybridized carbons (Fsp3) is 0.200. The van der Waals surface area contributed by atoms with E-state index in [0.29, 0.717) is 16.7 Å². The highest BCUT2D eigenvalue weighted by Gasteiger charge is 2.27. The fourth-order valence-electron chi connectivity index (χ4n) is 1.86. The number of benzene rings is 1. The van der Waals surface area contributed by atoms with Crippen LogP contribution in [0.5, 0.6) is 0 Å². The maximum Gasteiger partial charge on any atom is 0.0989 e. The van der Waals surface area contributed by atoms with Crippen molar-refractivity contribution in [3.05, 3.63) is 65.4 Å². The lowest BCUT2D eigenvalue weighted by molar-refractivity contribution is 0.211. The lowest BCUT2D eigenvalue weighted by Gasteiger charge is -2.24. The molecule has 1 aromatic rings. The average molecular weight is 624 g/mol. The van der Waals surface area contributed by atoms with Gasteiger partial charge in [0.2, 0.25) is 0 Å². The first-order valence-corrected chi connectivity index (χ1v) is 9.17. The summed E-state index contributed by atoms with van der Waals surface area (Å²) in [6.45, 7) is 10.8. The van der Waals surface area contributed by atoms with Crippen LogP contribution in [0.4, 0.5) is 0 Å². The number of aliphatic hydroxyl groups is 3. The molecule has 3 atom stereocenters. The molecule has 3 unspecified atom stereocenters. The molecule has 0 heterocycles. The molecular weight excluding hydrogens is 609 g/mol. The van der Waals surface area contributed by atoms with Crippen LogP contribution >= 0.6 is 67.8 Å². The van der Waals surface area contributed by atoms with Gasteiger partial charge in [0, 0.05) is 27.4 Å². The predicted octanol–water partition coefficient (Wildman–Crippen LogP) is 4.16. The van der Waals surface area contributed by atoms with E-state index in [-0.39, 0.29) is 0 Å². The molecule has 1 rings (SSSR count). The summed E-state index contributed by atoms with van der Waals surface area (Å²) >= 11 is 6.27. The van der Waals surface area contributed by atoms with Gasteiger partial charge in [-0.2, -0.15) is 0 Å². The maximum absolute atomic E-state index is 10.2. The second-order valence-electron chi connectivity index (χ2n) is 4.22. The minimum atomic E-state index is -0.882. The number of halogens is 3. The van der Waals surface area contributed by atoms with Crippen molar-refractivity contribution in [1.29, 1.82) is 0 Å². The molecule has 114 valence electrons. The third kappa shape index (κ3) is 3.89. The molecule has 3 nitrogen and oxygen atoms in total. The van der Waals surface area contributed by atoms with Gasteiger partial charge in [-0.05, 0) is 67.8 Å². The lowest BCUT2D eigenvalue weighted by atomic mass is 9.96. The molecule has 0 amide bonds. The molecule has 3 N–H and O–H groups in total. The second kappa shape index (κ2) is 8.39. The SMILES string of the molecule is C=CC(O)c1c(I)c(C(O)C=C)c(I)c(C(O)C=C)c1I. The Morgan fingerprint density at radius 1 is 0.619 bits per heavy atom. The first-order chi connectivity index (χ1) is 9.81. The minimum Gasteiger partial charge on any atom is -0.384 e. The number of aliphatic hydroxyl groups excluding tert-OH is 3. The van der Waals surface area contributed by atoms with E-state index >= 15 is 0 Å². The summed E-state index contributed by atoms with van der Waals surface area (Å²) in [4.78, 5) is 0. The Morgan fingerprint density at radius 2 is 0.810 bits per heavy atom. The summed E-state index contributed by atoms with van der Waals surface area (Å²) in [5.41, 5.74) is 1.87. The van der Waals surface area contributed by atoms with E-state index in [0.717, 1.165) is 10.7 Å². The third-order valence-electron chi connectivity index (χ3n) is 2.98. The van der Waals surface area contributed by atoms with E-state index in [1.165, 1.54) is 18.2 Å². The van der Waals surface area contributed by atoms with Gasteiger partial charge in [-0.3, -0.25) is 0 Å². The minimum absolute atomic E-state index is 0.624. The van der Waals surface area contributed by atoms with Crippen LogP contribution in [0.3, 0.4) is 0 Å². The summed E-state index contributed by atoms with van der Waals surface area (Å²) in [6, 6.07) is 0. The summed E-state index contributed by atoms with van der Waals surface area (Å²) in [7, 11) is 0. The second-order valence-corrected chi connectivity index (χ2v) is 7.46. The van der Waals surface area contributed by atoms with E-state index in [1.54, 1.807) is 0 Å². The Bertz CT molecular complexity index is 482. The Hall–Kier alpha value is 0.510. The Kier molecular flexibility index (Phi) is 7.81. The molecule has 1 aromatic carbocycles. The molecule has 0 bridgehead atoms. The number of hydrogen-bond acceptors (Lipinski definition) is 3. The van der Waals surface area contributed by atoms with Gasteiger partial charge < -0.3 is 15.3 Å². The monoisotopic (exact) mass is 624 g/mol. The standard InChI is InChI=1S/C15H15I3O3/c1-4-7(19)10-13(16)11(8(20)5-2)15(18)12(14(10)17)9(21)6-3/h4-9,19-21H,1-3H2. The van der Waals surface area contributed by atoms with E-state index in [9.17, 15) is 15.3 Å². The van der Waals surface area contributed by atoms with Gasteiger partial charge in [-0.15, -0.1) is 19.7 Å². The highest BCUT2D eigenvalue weighted by molar-refractivity contribution is 14.1. The molecule has 0 aromatic heterocycles. The van der Waals surface area contributed by atoms with Crippen molar-refractivity contribution in [3.63, 3.8) is 0 Å². The van der Waals surface area contributed by atoms with Gasteiger partial charge in [0.25, 0.3) is 0 Å².